The van der Waals surface area contributed by atoms with Crippen LogP contribution in [0.2, 0.25) is 0 Å². The van der Waals surface area contributed by atoms with E-state index in [1.54, 1.807) is 13.1 Å². The van der Waals surface area contributed by atoms with E-state index in [-0.39, 0.29) is 58.4 Å². The first-order chi connectivity index (χ1) is 13.4. The van der Waals surface area contributed by atoms with E-state index in [0.717, 1.165) is 5.13 Å². The predicted molar refractivity (Wildman–Crippen MR) is 113 cm³/mol. The van der Waals surface area contributed by atoms with Crippen LogP contribution in [0.25, 0.3) is 0 Å². The van der Waals surface area contributed by atoms with Crippen LogP contribution in [0, 0.1) is 11.8 Å². The molecule has 0 aromatic carbocycles. The number of carboxylic acids is 1. The first-order valence-corrected chi connectivity index (χ1v) is 10.7. The fourth-order valence-corrected chi connectivity index (χ4v) is 5.79. The van der Waals surface area contributed by atoms with Gasteiger partial charge in [-0.3, -0.25) is 9.79 Å². The smallest absolute Gasteiger partial charge is 0.353 e. The van der Waals surface area contributed by atoms with Gasteiger partial charge in [-0.15, -0.1) is 23.1 Å². The first-order valence-electron chi connectivity index (χ1n) is 8.98. The molecule has 0 bridgehead atoms. The number of aromatic nitrogens is 1. The molecule has 4 heterocycles. The van der Waals surface area contributed by atoms with Crippen molar-refractivity contribution in [3.8, 4) is 0 Å². The number of carbonyl (C=O) groups excluding carboxylic acids is 1. The number of nitrogens with zero attached hydrogens (tertiary/aromatic N) is 3. The number of β-lactam (4-membered cyclic amide) rings is 1. The molecule has 12 heteroatoms. The molecule has 1 radical (unpaired) electrons. The van der Waals surface area contributed by atoms with Crippen LogP contribution in [0.5, 0.6) is 0 Å². The molecule has 1 aromatic rings. The van der Waals surface area contributed by atoms with E-state index in [2.05, 4.69) is 20.6 Å². The Bertz CT molecular complexity index is 860. The molecule has 4 N–H and O–H groups in total. The standard InChI is InChI=1S/C17H21N5O4S2.Na/c1-7-11-10(8(2)23)14(24)22(11)12(15(25)26)13(7)28-9-5-19-16(20-6-9)21-17-18-3-4-27-17;/h3-4,7-11,23H,5-6H2,1-2H3,(H,25,26)(H2,18,19,20,21);/t7-,8-,10-,11-;/m1./s1. The third-order valence-electron chi connectivity index (χ3n) is 5.21. The topological polar surface area (TPSA) is 127 Å². The van der Waals surface area contributed by atoms with Crippen LogP contribution in [0.15, 0.2) is 27.2 Å². The fraction of sp³-hybridized carbons (Fsp3) is 0.529. The van der Waals surface area contributed by atoms with Gasteiger partial charge in [-0.2, -0.15) is 0 Å². The summed E-state index contributed by atoms with van der Waals surface area (Å²) in [6, 6.07) is -0.289. The number of aliphatic hydroxyl groups excluding tert-OH is 1. The number of hydrogen-bond donors (Lipinski definition) is 4. The summed E-state index contributed by atoms with van der Waals surface area (Å²) < 4.78 is 0. The van der Waals surface area contributed by atoms with E-state index in [4.69, 9.17) is 0 Å². The van der Waals surface area contributed by atoms with Crippen LogP contribution in [-0.4, -0.2) is 98.0 Å². The van der Waals surface area contributed by atoms with E-state index < -0.39 is 18.0 Å². The van der Waals surface area contributed by atoms with E-state index in [1.807, 2.05) is 12.3 Å². The van der Waals surface area contributed by atoms with Crippen molar-refractivity contribution in [3.63, 3.8) is 0 Å². The maximum atomic E-state index is 12.4. The molecule has 3 aliphatic rings. The van der Waals surface area contributed by atoms with Gasteiger partial charge in [0, 0.05) is 63.8 Å². The van der Waals surface area contributed by atoms with E-state index in [0.29, 0.717) is 24.0 Å². The van der Waals surface area contributed by atoms with Crippen molar-refractivity contribution >= 4 is 75.6 Å². The number of fused-ring (bicyclic) bond motifs is 1. The molecule has 1 saturated heterocycles. The average Bonchev–Trinajstić information content (AvgIpc) is 3.22. The molecule has 0 saturated carbocycles. The molecule has 9 nitrogen and oxygen atoms in total. The fourth-order valence-electron chi connectivity index (χ4n) is 3.93. The van der Waals surface area contributed by atoms with E-state index in [1.165, 1.54) is 28.0 Å². The quantitative estimate of drug-likeness (QED) is 0.378. The number of aliphatic imine (C=N–C) groups is 1. The van der Waals surface area contributed by atoms with Crippen LogP contribution >= 0.6 is 23.1 Å². The number of guanidine groups is 1. The minimum atomic E-state index is -1.10. The molecular weight excluding hydrogens is 425 g/mol. The van der Waals surface area contributed by atoms with Crippen molar-refractivity contribution in [2.45, 2.75) is 31.2 Å². The normalized spacial score (nSPS) is 29.3. The van der Waals surface area contributed by atoms with Crippen LogP contribution in [-0.2, 0) is 9.59 Å². The summed E-state index contributed by atoms with van der Waals surface area (Å²) in [4.78, 5) is 34.9. The van der Waals surface area contributed by atoms with Crippen molar-refractivity contribution in [2.75, 3.05) is 18.4 Å². The summed E-state index contributed by atoms with van der Waals surface area (Å²) in [6.45, 7) is 4.64. The Morgan fingerprint density at radius 3 is 2.83 bits per heavy atom. The van der Waals surface area contributed by atoms with E-state index >= 15 is 0 Å². The zero-order chi connectivity index (χ0) is 20.0. The number of anilines is 1. The van der Waals surface area contributed by atoms with Gasteiger partial charge in [0.2, 0.25) is 5.91 Å². The zero-order valence-corrected chi connectivity index (χ0v) is 20.0. The Morgan fingerprint density at radius 1 is 1.52 bits per heavy atom. The molecular formula is C17H21N5NaO4S2. The second-order valence-electron chi connectivity index (χ2n) is 7.04. The number of carboxylic acid groups (broad SMARTS) is 1. The maximum Gasteiger partial charge on any atom is 0.353 e. The van der Waals surface area contributed by atoms with Crippen molar-refractivity contribution < 1.29 is 19.8 Å². The maximum absolute atomic E-state index is 12.4. The third kappa shape index (κ3) is 4.08. The number of amides is 1. The van der Waals surface area contributed by atoms with Gasteiger partial charge in [0.1, 0.15) is 5.70 Å². The summed E-state index contributed by atoms with van der Waals surface area (Å²) in [5.74, 6) is -1.44. The average molecular weight is 447 g/mol. The second kappa shape index (κ2) is 8.94. The van der Waals surface area contributed by atoms with E-state index in [9.17, 15) is 19.8 Å². The molecule has 1 amide bonds. The molecule has 29 heavy (non-hydrogen) atoms. The summed E-state index contributed by atoms with van der Waals surface area (Å²) in [7, 11) is 0. The zero-order valence-electron chi connectivity index (χ0n) is 16.3. The first kappa shape index (κ1) is 22.6. The van der Waals surface area contributed by atoms with Gasteiger partial charge in [-0.25, -0.2) is 9.78 Å². The van der Waals surface area contributed by atoms with Crippen molar-refractivity contribution in [1.29, 1.82) is 0 Å². The minimum absolute atomic E-state index is 0. The van der Waals surface area contributed by atoms with Gasteiger partial charge >= 0.3 is 5.97 Å². The minimum Gasteiger partial charge on any atom is -0.477 e. The number of carbonyl (C=O) groups is 2. The monoisotopic (exact) mass is 446 g/mol. The Labute approximate surface area is 198 Å². The molecule has 1 fully saturated rings. The van der Waals surface area contributed by atoms with Crippen LogP contribution in [0.3, 0.4) is 0 Å². The number of aliphatic hydroxyl groups is 1. The number of rotatable bonds is 5. The Hall–Kier alpha value is -1.11. The van der Waals surface area contributed by atoms with Crippen LogP contribution in [0.4, 0.5) is 5.13 Å². The molecule has 0 aliphatic carbocycles. The van der Waals surface area contributed by atoms with Gasteiger partial charge in [0.05, 0.1) is 24.6 Å². The van der Waals surface area contributed by atoms with Gasteiger partial charge in [0.15, 0.2) is 11.1 Å². The molecule has 0 spiro atoms. The SMILES string of the molecule is C[C@@H](O)[C@H]1C(=O)N2C(C(=O)O)=C(SC3CN=C(Nc4nccs4)NC3)[C@H](C)[C@H]12.[Na]. The second-order valence-corrected chi connectivity index (χ2v) is 9.28. The predicted octanol–water partition coefficient (Wildman–Crippen LogP) is 0.389. The number of aliphatic carboxylic acids is 1. The Kier molecular flexibility index (Phi) is 6.96. The summed E-state index contributed by atoms with van der Waals surface area (Å²) in [5.41, 5.74) is 0.0556. The molecule has 1 unspecified atom stereocenters. The largest absolute Gasteiger partial charge is 0.477 e. The summed E-state index contributed by atoms with van der Waals surface area (Å²) in [6.07, 6.45) is 0.915. The molecule has 151 valence electrons. The molecule has 5 atom stereocenters. The molecule has 3 aliphatic heterocycles. The van der Waals surface area contributed by atoms with Crippen molar-refractivity contribution in [1.82, 2.24) is 15.2 Å². The number of hydrogen-bond acceptors (Lipinski definition) is 9. The Morgan fingerprint density at radius 2 is 2.28 bits per heavy atom. The van der Waals surface area contributed by atoms with Crippen molar-refractivity contribution in [2.24, 2.45) is 16.8 Å². The van der Waals surface area contributed by atoms with Gasteiger partial charge in [-0.05, 0) is 6.92 Å². The van der Waals surface area contributed by atoms with Gasteiger partial charge in [-0.1, -0.05) is 6.92 Å². The number of thiazole rings is 1. The van der Waals surface area contributed by atoms with Crippen molar-refractivity contribution in [3.05, 3.63) is 22.2 Å². The van der Waals surface area contributed by atoms with Crippen LogP contribution in [0.1, 0.15) is 13.8 Å². The number of nitrogens with one attached hydrogen (secondary N) is 2. The molecule has 4 rings (SSSR count). The Balaban J connectivity index is 0.00000240. The third-order valence-corrected chi connectivity index (χ3v) is 7.37. The number of thioether (sulfide) groups is 1. The molecule has 1 aromatic heterocycles. The summed E-state index contributed by atoms with van der Waals surface area (Å²) in [5, 5.41) is 28.6. The van der Waals surface area contributed by atoms with Crippen LogP contribution < -0.4 is 10.6 Å². The van der Waals surface area contributed by atoms with Gasteiger partial charge in [0.25, 0.3) is 0 Å². The summed E-state index contributed by atoms with van der Waals surface area (Å²) >= 11 is 2.94. The van der Waals surface area contributed by atoms with Gasteiger partial charge < -0.3 is 25.7 Å².